The summed E-state index contributed by atoms with van der Waals surface area (Å²) >= 11 is 0. The molecule has 4 atom stereocenters. The van der Waals surface area contributed by atoms with E-state index in [2.05, 4.69) is 102 Å². The van der Waals surface area contributed by atoms with Crippen molar-refractivity contribution in [1.82, 2.24) is 28.5 Å². The van der Waals surface area contributed by atoms with E-state index in [1.54, 1.807) is 7.11 Å². The lowest BCUT2D eigenvalue weighted by atomic mass is 9.97. The summed E-state index contributed by atoms with van der Waals surface area (Å²) in [7, 11) is 1.66. The monoisotopic (exact) mass is 902 g/mol. The van der Waals surface area contributed by atoms with Gasteiger partial charge in [0.1, 0.15) is 5.75 Å². The average molecular weight is 903 g/mol. The number of nitrogens with zero attached hydrogens (tertiary/aromatic N) is 5. The van der Waals surface area contributed by atoms with E-state index in [0.717, 1.165) is 134 Å². The average Bonchev–Trinajstić information content (AvgIpc) is 4.26. The van der Waals surface area contributed by atoms with Crippen LogP contribution in [0.1, 0.15) is 87.3 Å². The van der Waals surface area contributed by atoms with E-state index in [1.807, 2.05) is 47.4 Å². The Bertz CT molecular complexity index is 4260. The van der Waals surface area contributed by atoms with Crippen molar-refractivity contribution >= 4 is 111 Å². The van der Waals surface area contributed by atoms with Crippen molar-refractivity contribution < 1.29 is 23.9 Å². The summed E-state index contributed by atoms with van der Waals surface area (Å²) < 4.78 is 14.7. The molecule has 0 radical (unpaired) electrons. The first-order chi connectivity index (χ1) is 33.9. The smallest absolute Gasteiger partial charge is 0.255 e. The maximum absolute atomic E-state index is 14.3. The van der Waals surface area contributed by atoms with Crippen LogP contribution in [0.4, 0.5) is 0 Å². The van der Waals surface area contributed by atoms with Crippen molar-refractivity contribution in [3.05, 3.63) is 149 Å². The van der Waals surface area contributed by atoms with Crippen LogP contribution in [-0.4, -0.2) is 53.7 Å². The molecule has 0 saturated heterocycles. The summed E-state index contributed by atoms with van der Waals surface area (Å²) in [6.45, 7) is 1.61. The minimum Gasteiger partial charge on any atom is -0.497 e. The van der Waals surface area contributed by atoms with Gasteiger partial charge in [0.05, 0.1) is 52.4 Å². The number of ether oxygens (including phenoxy) is 1. The minimum absolute atomic E-state index is 0.0112. The Morgan fingerprint density at radius 2 is 0.971 bits per heavy atom. The zero-order valence-electron chi connectivity index (χ0n) is 37.6. The van der Waals surface area contributed by atoms with Crippen molar-refractivity contribution in [1.29, 1.82) is 0 Å². The summed E-state index contributed by atoms with van der Waals surface area (Å²) in [5, 5.41) is 11.9. The van der Waals surface area contributed by atoms with Crippen LogP contribution < -0.4 is 10.1 Å². The van der Waals surface area contributed by atoms with Gasteiger partial charge in [0, 0.05) is 110 Å². The van der Waals surface area contributed by atoms with Crippen molar-refractivity contribution in [2.24, 2.45) is 0 Å². The van der Waals surface area contributed by atoms with Gasteiger partial charge in [0.2, 0.25) is 0 Å². The molecule has 0 spiro atoms. The zero-order valence-corrected chi connectivity index (χ0v) is 37.6. The fourth-order valence-corrected chi connectivity index (χ4v) is 14.2. The molecular formula is C58H42N6O5. The van der Waals surface area contributed by atoms with Gasteiger partial charge in [-0.2, -0.15) is 0 Å². The molecule has 2 amide bonds. The predicted molar refractivity (Wildman–Crippen MR) is 267 cm³/mol. The van der Waals surface area contributed by atoms with E-state index in [0.29, 0.717) is 44.0 Å². The SMILES string of the molecule is COc1ccc(CN2Cc3c(c4c5ccccc5n5c4c4c3c3ccccc3n4[C@H]3C[C@@H]5CC3=O)C2=O)cc1.O=C1NCc2c1c1c3ccccc3n3c1c1c2c2ccccc2n1[C@H]1C[C@@H]3CC1=O. The third-order valence-corrected chi connectivity index (χ3v) is 16.8. The van der Waals surface area contributed by atoms with E-state index >= 15 is 0 Å². The number of aromatic nitrogens is 4. The highest BCUT2D eigenvalue weighted by Crippen LogP contribution is 2.55. The normalized spacial score (nSPS) is 20.7. The topological polar surface area (TPSA) is 112 Å². The molecule has 334 valence electrons. The molecule has 11 nitrogen and oxygen atoms in total. The first-order valence-electron chi connectivity index (χ1n) is 24.1. The fraction of sp³-hybridized carbons (Fsp3) is 0.207. The number of rotatable bonds is 3. The molecule has 17 rings (SSSR count). The Morgan fingerprint density at radius 3 is 1.49 bits per heavy atom. The van der Waals surface area contributed by atoms with Crippen molar-refractivity contribution in [3.8, 4) is 5.75 Å². The Morgan fingerprint density at radius 1 is 0.522 bits per heavy atom. The number of amides is 2. The number of ketones is 2. The van der Waals surface area contributed by atoms with Gasteiger partial charge in [0.15, 0.2) is 11.6 Å². The molecule has 4 bridgehead atoms. The van der Waals surface area contributed by atoms with Gasteiger partial charge in [-0.05, 0) is 65.9 Å². The summed E-state index contributed by atoms with van der Waals surface area (Å²) in [6.07, 6.45) is 2.68. The van der Waals surface area contributed by atoms with Crippen LogP contribution >= 0.6 is 0 Å². The number of Topliss-reactive ketones (excluding diaryl/α,β-unsaturated/α-hetero) is 2. The van der Waals surface area contributed by atoms with Crippen LogP contribution in [0.25, 0.3) is 87.2 Å². The van der Waals surface area contributed by atoms with Gasteiger partial charge in [-0.25, -0.2) is 0 Å². The molecular weight excluding hydrogens is 861 g/mol. The summed E-state index contributed by atoms with van der Waals surface area (Å²) in [5.41, 5.74) is 13.8. The molecule has 11 heteroatoms. The molecule has 2 aliphatic carbocycles. The third-order valence-electron chi connectivity index (χ3n) is 16.8. The van der Waals surface area contributed by atoms with Gasteiger partial charge in [-0.1, -0.05) is 84.9 Å². The number of hydrogen-bond donors (Lipinski definition) is 1. The number of hydrogen-bond acceptors (Lipinski definition) is 5. The molecule has 2 saturated carbocycles. The molecule has 7 aromatic carbocycles. The molecule has 1 N–H and O–H groups in total. The van der Waals surface area contributed by atoms with Gasteiger partial charge in [-0.3, -0.25) is 19.2 Å². The number of fused-ring (bicyclic) bond motifs is 26. The molecule has 4 aliphatic heterocycles. The Kier molecular flexibility index (Phi) is 7.17. The molecule has 0 unspecified atom stereocenters. The third kappa shape index (κ3) is 4.59. The van der Waals surface area contributed by atoms with E-state index in [4.69, 9.17) is 4.74 Å². The quantitative estimate of drug-likeness (QED) is 0.190. The van der Waals surface area contributed by atoms with Crippen molar-refractivity contribution in [2.45, 2.75) is 69.5 Å². The van der Waals surface area contributed by atoms with Crippen LogP contribution in [0.15, 0.2) is 121 Å². The first kappa shape index (κ1) is 37.9. The number of carbonyl (C=O) groups is 4. The molecule has 8 heterocycles. The van der Waals surface area contributed by atoms with E-state index in [-0.39, 0.29) is 36.0 Å². The largest absolute Gasteiger partial charge is 0.497 e. The highest BCUT2D eigenvalue weighted by molar-refractivity contribution is 6.33. The number of nitrogens with one attached hydrogen (secondary N) is 1. The van der Waals surface area contributed by atoms with Crippen LogP contribution in [0.2, 0.25) is 0 Å². The summed E-state index contributed by atoms with van der Waals surface area (Å²) in [5.74, 6) is 1.51. The number of benzene rings is 7. The highest BCUT2D eigenvalue weighted by Gasteiger charge is 2.46. The summed E-state index contributed by atoms with van der Waals surface area (Å²) in [6, 6.07) is 41.4. The lowest BCUT2D eigenvalue weighted by Gasteiger charge is -2.16. The number of methoxy groups -OCH3 is 1. The van der Waals surface area contributed by atoms with Crippen LogP contribution in [0.5, 0.6) is 5.75 Å². The number of carbonyl (C=O) groups excluding carboxylic acids is 4. The zero-order chi connectivity index (χ0) is 45.7. The number of para-hydroxylation sites is 4. The van der Waals surface area contributed by atoms with Gasteiger partial charge in [-0.15, -0.1) is 0 Å². The van der Waals surface area contributed by atoms with Crippen molar-refractivity contribution in [2.75, 3.05) is 7.11 Å². The van der Waals surface area contributed by atoms with Gasteiger partial charge in [0.25, 0.3) is 11.8 Å². The standard InChI is InChI=1S/C33H25N3O3.C25H17N3O2/c1-39-20-12-10-18(11-13-20)16-34-17-23-28-21-6-2-5-9-25(21)36-26-14-19(15-27(26)37)35-24-8-4-3-7-22(24)29(30(23)33(34)38)32(35)31(28)36;29-19-10-12-9-18(19)28-17-8-4-1-5-13(17)20-15-11-26-25(30)22(15)21-14-6-2-3-7-16(14)27(12)24(21)23(20)28/h2-13,19,26H,14-17H2,1H3;1-8,12,18H,9-11H2,(H,26,30)/t19-,26+;12-,18+/m11/s1. The first-order valence-corrected chi connectivity index (χ1v) is 24.1. The molecule has 69 heavy (non-hydrogen) atoms. The molecule has 6 aliphatic rings. The molecule has 2 fully saturated rings. The fourth-order valence-electron chi connectivity index (χ4n) is 14.2. The molecule has 11 aromatic rings. The Labute approximate surface area is 393 Å². The van der Waals surface area contributed by atoms with E-state index in [9.17, 15) is 19.2 Å². The van der Waals surface area contributed by atoms with Gasteiger partial charge < -0.3 is 33.2 Å². The Balaban J connectivity index is 0.000000124. The van der Waals surface area contributed by atoms with E-state index in [1.165, 1.54) is 0 Å². The second kappa shape index (κ2) is 13.1. The molecule has 4 aromatic heterocycles. The van der Waals surface area contributed by atoms with Crippen LogP contribution in [-0.2, 0) is 29.2 Å². The van der Waals surface area contributed by atoms with Crippen LogP contribution in [0.3, 0.4) is 0 Å². The van der Waals surface area contributed by atoms with Crippen molar-refractivity contribution in [3.63, 3.8) is 0 Å². The van der Waals surface area contributed by atoms with Gasteiger partial charge >= 0.3 is 0 Å². The maximum atomic E-state index is 14.3. The summed E-state index contributed by atoms with van der Waals surface area (Å²) in [4.78, 5) is 56.0. The highest BCUT2D eigenvalue weighted by atomic mass is 16.5. The van der Waals surface area contributed by atoms with Crippen LogP contribution in [0, 0.1) is 0 Å². The second-order valence-electron chi connectivity index (χ2n) is 20.0. The lowest BCUT2D eigenvalue weighted by molar-refractivity contribution is -0.120. The minimum atomic E-state index is -0.176. The Hall–Kier alpha value is -8.18. The van der Waals surface area contributed by atoms with E-state index < -0.39 is 0 Å². The second-order valence-corrected chi connectivity index (χ2v) is 20.0. The maximum Gasteiger partial charge on any atom is 0.255 e. The lowest BCUT2D eigenvalue weighted by Crippen LogP contribution is -2.23. The predicted octanol–water partition coefficient (Wildman–Crippen LogP) is 11.1.